The van der Waals surface area contributed by atoms with E-state index in [9.17, 15) is 4.79 Å². The first-order chi connectivity index (χ1) is 5.31. The maximum Gasteiger partial charge on any atom is 0.120 e. The Morgan fingerprint density at radius 3 is 2.82 bits per heavy atom. The molecule has 64 valence electrons. The Hall–Kier alpha value is -0.660. The number of carbonyl (C=O) groups is 1. The fraction of sp³-hybridized carbons (Fsp3) is 0.778. The van der Waals surface area contributed by atoms with Gasteiger partial charge in [0.15, 0.2) is 0 Å². The molecule has 0 unspecified atom stereocenters. The van der Waals surface area contributed by atoms with Crippen molar-refractivity contribution in [1.29, 1.82) is 0 Å². The lowest BCUT2D eigenvalue weighted by molar-refractivity contribution is -0.107. The molecule has 0 aromatic heterocycles. The van der Waals surface area contributed by atoms with E-state index in [2.05, 4.69) is 11.9 Å². The van der Waals surface area contributed by atoms with Crippen molar-refractivity contribution in [2.24, 2.45) is 4.99 Å². The van der Waals surface area contributed by atoms with Gasteiger partial charge in [-0.1, -0.05) is 13.3 Å². The van der Waals surface area contributed by atoms with E-state index in [1.54, 1.807) is 0 Å². The van der Waals surface area contributed by atoms with Gasteiger partial charge in [0.2, 0.25) is 0 Å². The number of aliphatic imine (C=N–C) groups is 1. The molecule has 0 saturated carbocycles. The van der Waals surface area contributed by atoms with Crippen LogP contribution in [0.1, 0.15) is 39.5 Å². The summed E-state index contributed by atoms with van der Waals surface area (Å²) in [6, 6.07) is 0. The summed E-state index contributed by atoms with van der Waals surface area (Å²) in [4.78, 5) is 14.3. The normalized spacial score (nSPS) is 11.6. The van der Waals surface area contributed by atoms with Crippen LogP contribution in [0, 0.1) is 0 Å². The molecule has 2 heteroatoms. The summed E-state index contributed by atoms with van der Waals surface area (Å²) in [5.41, 5.74) is 1.10. The monoisotopic (exact) mass is 155 g/mol. The molecular weight excluding hydrogens is 138 g/mol. The highest BCUT2D eigenvalue weighted by Gasteiger charge is 1.89. The molecule has 0 saturated heterocycles. The third kappa shape index (κ3) is 7.23. The van der Waals surface area contributed by atoms with Gasteiger partial charge < -0.3 is 4.79 Å². The highest BCUT2D eigenvalue weighted by atomic mass is 16.1. The largest absolute Gasteiger partial charge is 0.303 e. The summed E-state index contributed by atoms with van der Waals surface area (Å²) in [6.45, 7) is 5.05. The van der Waals surface area contributed by atoms with E-state index in [1.807, 2.05) is 6.92 Å². The molecule has 0 atom stereocenters. The molecule has 0 amide bonds. The van der Waals surface area contributed by atoms with Crippen molar-refractivity contribution in [1.82, 2.24) is 0 Å². The van der Waals surface area contributed by atoms with Crippen LogP contribution in [0.15, 0.2) is 4.99 Å². The van der Waals surface area contributed by atoms with Crippen LogP contribution in [0.3, 0.4) is 0 Å². The highest BCUT2D eigenvalue weighted by molar-refractivity contribution is 5.83. The molecule has 11 heavy (non-hydrogen) atoms. The topological polar surface area (TPSA) is 29.4 Å². The first kappa shape index (κ1) is 10.3. The van der Waals surface area contributed by atoms with Gasteiger partial charge in [0.1, 0.15) is 6.29 Å². The van der Waals surface area contributed by atoms with Crippen LogP contribution in [-0.2, 0) is 4.79 Å². The van der Waals surface area contributed by atoms with E-state index in [1.165, 1.54) is 6.42 Å². The second kappa shape index (κ2) is 7.45. The maximum atomic E-state index is 9.98. The third-order valence-electron chi connectivity index (χ3n) is 1.52. The molecule has 0 N–H and O–H groups in total. The van der Waals surface area contributed by atoms with Crippen LogP contribution in [-0.4, -0.2) is 18.5 Å². The second-order valence-electron chi connectivity index (χ2n) is 2.68. The number of hydrogen-bond acceptors (Lipinski definition) is 2. The molecule has 0 heterocycles. The van der Waals surface area contributed by atoms with E-state index < -0.39 is 0 Å². The van der Waals surface area contributed by atoms with E-state index in [4.69, 9.17) is 0 Å². The Morgan fingerprint density at radius 2 is 2.27 bits per heavy atom. The standard InChI is InChI=1S/C9H17NO/c1-3-4-7-10-9(2)6-5-8-11/h8H,3-7H2,1-2H3. The minimum Gasteiger partial charge on any atom is -0.303 e. The predicted octanol–water partition coefficient (Wildman–Crippen LogP) is 2.23. The molecule has 0 aliphatic rings. The van der Waals surface area contributed by atoms with Crippen LogP contribution in [0.5, 0.6) is 0 Å². The van der Waals surface area contributed by atoms with Gasteiger partial charge in [-0.15, -0.1) is 0 Å². The SMILES string of the molecule is CCCCN=C(C)CCC=O. The minimum atomic E-state index is 0.613. The minimum absolute atomic E-state index is 0.613. The molecule has 0 aromatic rings. The zero-order valence-corrected chi connectivity index (χ0v) is 7.47. The van der Waals surface area contributed by atoms with Crippen LogP contribution in [0.25, 0.3) is 0 Å². The maximum absolute atomic E-state index is 9.98. The summed E-state index contributed by atoms with van der Waals surface area (Å²) < 4.78 is 0. The molecule has 0 spiro atoms. The van der Waals surface area contributed by atoms with Crippen molar-refractivity contribution < 1.29 is 4.79 Å². The summed E-state index contributed by atoms with van der Waals surface area (Å²) in [6.07, 6.45) is 4.72. The fourth-order valence-corrected chi connectivity index (χ4v) is 0.775. The number of aldehydes is 1. The van der Waals surface area contributed by atoms with Gasteiger partial charge in [-0.3, -0.25) is 4.99 Å². The lowest BCUT2D eigenvalue weighted by Gasteiger charge is -1.95. The van der Waals surface area contributed by atoms with Gasteiger partial charge in [-0.25, -0.2) is 0 Å². The van der Waals surface area contributed by atoms with Crippen molar-refractivity contribution in [3.8, 4) is 0 Å². The van der Waals surface area contributed by atoms with Crippen LogP contribution >= 0.6 is 0 Å². The lowest BCUT2D eigenvalue weighted by atomic mass is 10.2. The molecule has 0 aromatic carbocycles. The number of nitrogens with zero attached hydrogens (tertiary/aromatic N) is 1. The van der Waals surface area contributed by atoms with Gasteiger partial charge in [0.25, 0.3) is 0 Å². The van der Waals surface area contributed by atoms with Crippen molar-refractivity contribution in [3.63, 3.8) is 0 Å². The van der Waals surface area contributed by atoms with Crippen LogP contribution in [0.4, 0.5) is 0 Å². The highest BCUT2D eigenvalue weighted by Crippen LogP contribution is 1.93. The molecule has 2 nitrogen and oxygen atoms in total. The van der Waals surface area contributed by atoms with Crippen LogP contribution in [0.2, 0.25) is 0 Å². The van der Waals surface area contributed by atoms with Crippen molar-refractivity contribution >= 4 is 12.0 Å². The molecule has 0 rings (SSSR count). The van der Waals surface area contributed by atoms with Crippen molar-refractivity contribution in [3.05, 3.63) is 0 Å². The summed E-state index contributed by atoms with van der Waals surface area (Å²) in [5, 5.41) is 0. The average Bonchev–Trinajstić information content (AvgIpc) is 2.01. The van der Waals surface area contributed by atoms with E-state index in [-0.39, 0.29) is 0 Å². The molecular formula is C9H17NO. The van der Waals surface area contributed by atoms with Gasteiger partial charge in [-0.05, 0) is 19.8 Å². The molecule has 0 aliphatic heterocycles. The zero-order valence-electron chi connectivity index (χ0n) is 7.47. The Morgan fingerprint density at radius 1 is 1.55 bits per heavy atom. The first-order valence-electron chi connectivity index (χ1n) is 4.24. The Balaban J connectivity index is 3.37. The Kier molecular flexibility index (Phi) is 7.00. The van der Waals surface area contributed by atoms with E-state index in [0.717, 1.165) is 31.4 Å². The van der Waals surface area contributed by atoms with E-state index >= 15 is 0 Å². The zero-order chi connectivity index (χ0) is 8.53. The first-order valence-corrected chi connectivity index (χ1v) is 4.24. The lowest BCUT2D eigenvalue weighted by Crippen LogP contribution is -1.93. The van der Waals surface area contributed by atoms with Crippen molar-refractivity contribution in [2.45, 2.75) is 39.5 Å². The second-order valence-corrected chi connectivity index (χ2v) is 2.68. The van der Waals surface area contributed by atoms with Crippen LogP contribution < -0.4 is 0 Å². The van der Waals surface area contributed by atoms with Crippen molar-refractivity contribution in [2.75, 3.05) is 6.54 Å². The molecule has 0 aliphatic carbocycles. The Bertz CT molecular complexity index is 130. The molecule has 0 fully saturated rings. The molecule has 0 radical (unpaired) electrons. The Labute approximate surface area is 68.7 Å². The number of hydrogen-bond donors (Lipinski definition) is 0. The summed E-state index contributed by atoms with van der Waals surface area (Å²) >= 11 is 0. The summed E-state index contributed by atoms with van der Waals surface area (Å²) in [7, 11) is 0. The fourth-order valence-electron chi connectivity index (χ4n) is 0.775. The quantitative estimate of drug-likeness (QED) is 0.328. The average molecular weight is 155 g/mol. The number of carbonyl (C=O) groups excluding carboxylic acids is 1. The number of rotatable bonds is 6. The summed E-state index contributed by atoms with van der Waals surface area (Å²) in [5.74, 6) is 0. The number of unbranched alkanes of at least 4 members (excludes halogenated alkanes) is 1. The van der Waals surface area contributed by atoms with Gasteiger partial charge in [0, 0.05) is 18.7 Å². The van der Waals surface area contributed by atoms with E-state index in [0.29, 0.717) is 6.42 Å². The smallest absolute Gasteiger partial charge is 0.120 e. The predicted molar refractivity (Wildman–Crippen MR) is 48.2 cm³/mol. The van der Waals surface area contributed by atoms with Gasteiger partial charge in [0.05, 0.1) is 0 Å². The third-order valence-corrected chi connectivity index (χ3v) is 1.52. The molecule has 0 bridgehead atoms. The van der Waals surface area contributed by atoms with Gasteiger partial charge in [-0.2, -0.15) is 0 Å². The van der Waals surface area contributed by atoms with Gasteiger partial charge >= 0.3 is 0 Å².